The molecule has 0 bridgehead atoms. The first-order valence-corrected chi connectivity index (χ1v) is 9.44. The molecule has 0 aromatic heterocycles. The van der Waals surface area contributed by atoms with Gasteiger partial charge in [-0.3, -0.25) is 4.79 Å². The summed E-state index contributed by atoms with van der Waals surface area (Å²) in [5, 5.41) is 0. The van der Waals surface area contributed by atoms with E-state index in [0.29, 0.717) is 19.4 Å². The third-order valence-corrected chi connectivity index (χ3v) is 4.50. The van der Waals surface area contributed by atoms with E-state index >= 15 is 0 Å². The molecular formula is C22H30N2O2. The maximum absolute atomic E-state index is 12.6. The predicted octanol–water partition coefficient (Wildman–Crippen LogP) is 4.38. The number of esters is 1. The van der Waals surface area contributed by atoms with Crippen LogP contribution in [0, 0.1) is 5.92 Å². The lowest BCUT2D eigenvalue weighted by Crippen LogP contribution is -2.23. The summed E-state index contributed by atoms with van der Waals surface area (Å²) in [6.45, 7) is 2.67. The topological polar surface area (TPSA) is 78.3 Å². The van der Waals surface area contributed by atoms with Gasteiger partial charge >= 0.3 is 5.97 Å². The van der Waals surface area contributed by atoms with Gasteiger partial charge in [0.1, 0.15) is 0 Å². The molecule has 26 heavy (non-hydrogen) atoms. The quantitative estimate of drug-likeness (QED) is 0.377. The van der Waals surface area contributed by atoms with E-state index < -0.39 is 0 Å². The van der Waals surface area contributed by atoms with Crippen LogP contribution in [0.25, 0.3) is 0 Å². The van der Waals surface area contributed by atoms with Crippen molar-refractivity contribution in [3.05, 3.63) is 59.7 Å². The smallest absolute Gasteiger partial charge is 0.309 e. The maximum Gasteiger partial charge on any atom is 0.309 e. The van der Waals surface area contributed by atoms with Crippen molar-refractivity contribution in [2.24, 2.45) is 5.92 Å². The minimum absolute atomic E-state index is 0.129. The highest BCUT2D eigenvalue weighted by Crippen LogP contribution is 2.19. The van der Waals surface area contributed by atoms with Crippen LogP contribution in [0.1, 0.15) is 43.7 Å². The summed E-state index contributed by atoms with van der Waals surface area (Å²) in [5.41, 5.74) is 15.1. The Hall–Kier alpha value is -2.49. The van der Waals surface area contributed by atoms with Gasteiger partial charge in [-0.2, -0.15) is 0 Å². The predicted molar refractivity (Wildman–Crippen MR) is 108 cm³/mol. The lowest BCUT2D eigenvalue weighted by atomic mass is 9.92. The Bertz CT molecular complexity index is 618. The van der Waals surface area contributed by atoms with Gasteiger partial charge in [-0.1, -0.05) is 50.5 Å². The second kappa shape index (κ2) is 10.5. The summed E-state index contributed by atoms with van der Waals surface area (Å²) in [7, 11) is 0. The van der Waals surface area contributed by atoms with Gasteiger partial charge in [-0.05, 0) is 54.7 Å². The molecule has 2 aromatic rings. The number of carbonyl (C=O) groups excluding carboxylic acids is 1. The summed E-state index contributed by atoms with van der Waals surface area (Å²) in [5.74, 6) is -0.344. The van der Waals surface area contributed by atoms with Gasteiger partial charge in [0.2, 0.25) is 0 Å². The standard InChI is InChI=1S/C22H30N2O2/c1-2-3-4-5-14-26-22(25)19(15-17-6-10-20(23)11-7-17)16-18-8-12-21(24)13-9-18/h6-13,19H,2-5,14-16,23-24H2,1H3. The van der Waals surface area contributed by atoms with E-state index in [1.54, 1.807) is 0 Å². The third kappa shape index (κ3) is 6.79. The number of hydrogen-bond donors (Lipinski definition) is 2. The number of unbranched alkanes of at least 4 members (excludes halogenated alkanes) is 3. The maximum atomic E-state index is 12.6. The number of ether oxygens (including phenoxy) is 1. The molecule has 0 radical (unpaired) electrons. The highest BCUT2D eigenvalue weighted by molar-refractivity contribution is 5.73. The number of nitrogens with two attached hydrogens (primary N) is 2. The van der Waals surface area contributed by atoms with Gasteiger partial charge in [-0.15, -0.1) is 0 Å². The molecule has 0 saturated carbocycles. The summed E-state index contributed by atoms with van der Waals surface area (Å²) < 4.78 is 5.55. The Morgan fingerprint density at radius 2 is 1.35 bits per heavy atom. The number of carbonyl (C=O) groups is 1. The van der Waals surface area contributed by atoms with Crippen LogP contribution in [0.5, 0.6) is 0 Å². The van der Waals surface area contributed by atoms with E-state index in [4.69, 9.17) is 16.2 Å². The Balaban J connectivity index is 2.00. The van der Waals surface area contributed by atoms with Crippen molar-refractivity contribution in [1.82, 2.24) is 0 Å². The Morgan fingerprint density at radius 3 is 1.81 bits per heavy atom. The zero-order chi connectivity index (χ0) is 18.8. The first-order chi connectivity index (χ1) is 12.6. The fourth-order valence-electron chi connectivity index (χ4n) is 2.93. The van der Waals surface area contributed by atoms with Gasteiger partial charge in [0, 0.05) is 11.4 Å². The monoisotopic (exact) mass is 354 g/mol. The summed E-state index contributed by atoms with van der Waals surface area (Å²) in [6.07, 6.45) is 5.65. The number of anilines is 2. The highest BCUT2D eigenvalue weighted by Gasteiger charge is 2.21. The van der Waals surface area contributed by atoms with Crippen molar-refractivity contribution < 1.29 is 9.53 Å². The minimum Gasteiger partial charge on any atom is -0.465 e. The van der Waals surface area contributed by atoms with E-state index in [-0.39, 0.29) is 11.9 Å². The summed E-state index contributed by atoms with van der Waals surface area (Å²) >= 11 is 0. The average molecular weight is 354 g/mol. The molecule has 0 aliphatic heterocycles. The molecule has 0 spiro atoms. The summed E-state index contributed by atoms with van der Waals surface area (Å²) in [4.78, 5) is 12.6. The SMILES string of the molecule is CCCCCCOC(=O)C(Cc1ccc(N)cc1)Cc1ccc(N)cc1. The van der Waals surface area contributed by atoms with Crippen LogP contribution in [0.4, 0.5) is 11.4 Å². The van der Waals surface area contributed by atoms with E-state index in [2.05, 4.69) is 6.92 Å². The molecular weight excluding hydrogens is 324 g/mol. The fraction of sp³-hybridized carbons (Fsp3) is 0.409. The van der Waals surface area contributed by atoms with Crippen molar-refractivity contribution in [3.63, 3.8) is 0 Å². The highest BCUT2D eigenvalue weighted by atomic mass is 16.5. The molecule has 0 aliphatic carbocycles. The van der Waals surface area contributed by atoms with Crippen LogP contribution in [0.2, 0.25) is 0 Å². The zero-order valence-corrected chi connectivity index (χ0v) is 15.6. The normalized spacial score (nSPS) is 10.8. The largest absolute Gasteiger partial charge is 0.465 e. The van der Waals surface area contributed by atoms with Gasteiger partial charge in [0.05, 0.1) is 12.5 Å². The number of nitrogen functional groups attached to an aromatic ring is 2. The molecule has 0 unspecified atom stereocenters. The molecule has 4 heteroatoms. The van der Waals surface area contributed by atoms with Crippen molar-refractivity contribution in [3.8, 4) is 0 Å². The van der Waals surface area contributed by atoms with Crippen LogP contribution in [0.15, 0.2) is 48.5 Å². The minimum atomic E-state index is -0.214. The lowest BCUT2D eigenvalue weighted by molar-refractivity contribution is -0.148. The molecule has 0 fully saturated rings. The second-order valence-electron chi connectivity index (χ2n) is 6.82. The second-order valence-corrected chi connectivity index (χ2v) is 6.82. The van der Waals surface area contributed by atoms with Crippen LogP contribution in [-0.4, -0.2) is 12.6 Å². The molecule has 4 nitrogen and oxygen atoms in total. The molecule has 0 heterocycles. The molecule has 0 saturated heterocycles. The first kappa shape index (κ1) is 19.8. The van der Waals surface area contributed by atoms with Crippen LogP contribution >= 0.6 is 0 Å². The molecule has 2 rings (SSSR count). The molecule has 2 aromatic carbocycles. The van der Waals surface area contributed by atoms with Gasteiger partial charge in [0.15, 0.2) is 0 Å². The van der Waals surface area contributed by atoms with Crippen molar-refractivity contribution in [2.75, 3.05) is 18.1 Å². The molecule has 0 atom stereocenters. The molecule has 4 N–H and O–H groups in total. The van der Waals surface area contributed by atoms with E-state index in [1.807, 2.05) is 48.5 Å². The Kier molecular flexibility index (Phi) is 8.00. The van der Waals surface area contributed by atoms with Crippen LogP contribution in [-0.2, 0) is 22.4 Å². The Labute approximate surface area is 156 Å². The van der Waals surface area contributed by atoms with E-state index in [9.17, 15) is 4.79 Å². The number of benzene rings is 2. The fourth-order valence-corrected chi connectivity index (χ4v) is 2.93. The van der Waals surface area contributed by atoms with E-state index in [1.165, 1.54) is 12.8 Å². The third-order valence-electron chi connectivity index (χ3n) is 4.50. The molecule has 0 amide bonds. The van der Waals surface area contributed by atoms with Crippen LogP contribution in [0.3, 0.4) is 0 Å². The molecule has 0 aliphatic rings. The van der Waals surface area contributed by atoms with Crippen molar-refractivity contribution in [2.45, 2.75) is 45.4 Å². The zero-order valence-electron chi connectivity index (χ0n) is 15.6. The van der Waals surface area contributed by atoms with Crippen molar-refractivity contribution >= 4 is 17.3 Å². The number of hydrogen-bond acceptors (Lipinski definition) is 4. The van der Waals surface area contributed by atoms with Gasteiger partial charge < -0.3 is 16.2 Å². The van der Waals surface area contributed by atoms with Gasteiger partial charge in [-0.25, -0.2) is 0 Å². The van der Waals surface area contributed by atoms with Crippen molar-refractivity contribution in [1.29, 1.82) is 0 Å². The lowest BCUT2D eigenvalue weighted by Gasteiger charge is -2.17. The van der Waals surface area contributed by atoms with Gasteiger partial charge in [0.25, 0.3) is 0 Å². The Morgan fingerprint density at radius 1 is 0.846 bits per heavy atom. The van der Waals surface area contributed by atoms with Crippen LogP contribution < -0.4 is 11.5 Å². The average Bonchev–Trinajstić information content (AvgIpc) is 2.64. The number of rotatable bonds is 10. The molecule has 140 valence electrons. The van der Waals surface area contributed by atoms with E-state index in [0.717, 1.165) is 35.3 Å². The first-order valence-electron chi connectivity index (χ1n) is 9.44. The summed E-state index contributed by atoms with van der Waals surface area (Å²) in [6, 6.07) is 15.4.